The molecular weight excluding hydrogens is 447 g/mol. The second-order valence-electron chi connectivity index (χ2n) is 9.41. The molecule has 0 aromatic carbocycles. The van der Waals surface area contributed by atoms with Gasteiger partial charge in [-0.1, -0.05) is 12.8 Å². The van der Waals surface area contributed by atoms with E-state index in [1.54, 1.807) is 24.7 Å². The van der Waals surface area contributed by atoms with E-state index in [4.69, 9.17) is 0 Å². The molecule has 4 rings (SSSR count). The summed E-state index contributed by atoms with van der Waals surface area (Å²) in [5.41, 5.74) is 1.40. The zero-order valence-corrected chi connectivity index (χ0v) is 19.2. The van der Waals surface area contributed by atoms with Crippen LogP contribution in [0.3, 0.4) is 0 Å². The molecule has 0 spiro atoms. The monoisotopic (exact) mass is 479 g/mol. The van der Waals surface area contributed by atoms with E-state index in [0.717, 1.165) is 37.8 Å². The van der Waals surface area contributed by atoms with Crippen molar-refractivity contribution in [2.45, 2.75) is 57.2 Å². The van der Waals surface area contributed by atoms with Crippen molar-refractivity contribution in [1.29, 1.82) is 0 Å². The van der Waals surface area contributed by atoms with E-state index in [2.05, 4.69) is 15.6 Å². The summed E-state index contributed by atoms with van der Waals surface area (Å²) >= 11 is 0. The standard InChI is InChI=1S/C24H32F3N5O2/c25-24(26,27)20-6-4-18(15-30-20)23(34)31-12-8-17(9-13-31)3-1-2-10-29-22(33)19-5-7-21-28-11-14-32(21)16-19/h5,7,11,14,16-18,20,30H,1-4,6,8-10,12-13,15H2,(H,29,33). The molecule has 2 N–H and O–H groups in total. The Kier molecular flexibility index (Phi) is 7.75. The molecule has 2 unspecified atom stereocenters. The molecule has 34 heavy (non-hydrogen) atoms. The maximum atomic E-state index is 12.8. The third kappa shape index (κ3) is 6.08. The fourth-order valence-electron chi connectivity index (χ4n) is 4.96. The number of nitrogens with zero attached hydrogens (tertiary/aromatic N) is 3. The third-order valence-corrected chi connectivity index (χ3v) is 7.06. The molecule has 2 aromatic heterocycles. The molecular formula is C24H32F3N5O2. The Hall–Kier alpha value is -2.62. The van der Waals surface area contributed by atoms with Crippen molar-refractivity contribution in [2.24, 2.45) is 11.8 Å². The number of nitrogens with one attached hydrogen (secondary N) is 2. The molecule has 0 radical (unpaired) electrons. The van der Waals surface area contributed by atoms with E-state index in [9.17, 15) is 22.8 Å². The Morgan fingerprint density at radius 1 is 1.12 bits per heavy atom. The summed E-state index contributed by atoms with van der Waals surface area (Å²) in [5, 5.41) is 5.46. The van der Waals surface area contributed by atoms with Gasteiger partial charge in [0.05, 0.1) is 11.5 Å². The van der Waals surface area contributed by atoms with Crippen molar-refractivity contribution < 1.29 is 22.8 Å². The van der Waals surface area contributed by atoms with Gasteiger partial charge in [-0.15, -0.1) is 0 Å². The number of aromatic nitrogens is 2. The third-order valence-electron chi connectivity index (χ3n) is 7.06. The second kappa shape index (κ2) is 10.8. The second-order valence-corrected chi connectivity index (χ2v) is 9.41. The van der Waals surface area contributed by atoms with Gasteiger partial charge in [-0.2, -0.15) is 13.2 Å². The van der Waals surface area contributed by atoms with E-state index in [1.807, 2.05) is 15.4 Å². The number of halogens is 3. The van der Waals surface area contributed by atoms with Crippen molar-refractivity contribution >= 4 is 17.5 Å². The number of rotatable bonds is 7. The largest absolute Gasteiger partial charge is 0.403 e. The highest BCUT2D eigenvalue weighted by atomic mass is 19.4. The molecule has 2 aromatic rings. The molecule has 2 fully saturated rings. The number of hydrogen-bond acceptors (Lipinski definition) is 4. The number of likely N-dealkylation sites (tertiary alicyclic amines) is 1. The lowest BCUT2D eigenvalue weighted by Crippen LogP contribution is -2.52. The maximum Gasteiger partial charge on any atom is 0.403 e. The van der Waals surface area contributed by atoms with E-state index in [1.165, 1.54) is 0 Å². The SMILES string of the molecule is O=C(NCCCCC1CCN(C(=O)C2CCC(C(F)(F)F)NC2)CC1)c1ccc2nccn2c1. The summed E-state index contributed by atoms with van der Waals surface area (Å²) in [6.07, 6.45) is 6.08. The van der Waals surface area contributed by atoms with E-state index in [-0.39, 0.29) is 37.1 Å². The minimum Gasteiger partial charge on any atom is -0.352 e. The van der Waals surface area contributed by atoms with Crippen LogP contribution in [0.1, 0.15) is 55.3 Å². The van der Waals surface area contributed by atoms with Gasteiger partial charge >= 0.3 is 6.18 Å². The van der Waals surface area contributed by atoms with Gasteiger partial charge in [0.25, 0.3) is 5.91 Å². The van der Waals surface area contributed by atoms with Gasteiger partial charge in [0.1, 0.15) is 11.7 Å². The molecule has 7 nitrogen and oxygen atoms in total. The number of hydrogen-bond donors (Lipinski definition) is 2. The van der Waals surface area contributed by atoms with Crippen LogP contribution in [0.4, 0.5) is 13.2 Å². The lowest BCUT2D eigenvalue weighted by Gasteiger charge is -2.37. The molecule has 0 aliphatic carbocycles. The highest BCUT2D eigenvalue weighted by molar-refractivity contribution is 5.94. The molecule has 2 aliphatic heterocycles. The maximum absolute atomic E-state index is 12.8. The molecule has 10 heteroatoms. The minimum atomic E-state index is -4.25. The van der Waals surface area contributed by atoms with Crippen LogP contribution >= 0.6 is 0 Å². The number of amides is 2. The van der Waals surface area contributed by atoms with E-state index < -0.39 is 12.2 Å². The average Bonchev–Trinajstić information content (AvgIpc) is 3.31. The van der Waals surface area contributed by atoms with Gasteiger partial charge in [-0.05, 0) is 50.2 Å². The van der Waals surface area contributed by atoms with Crippen LogP contribution in [-0.2, 0) is 4.79 Å². The van der Waals surface area contributed by atoms with Gasteiger partial charge < -0.3 is 19.9 Å². The summed E-state index contributed by atoms with van der Waals surface area (Å²) in [6, 6.07) is 2.09. The number of carbonyl (C=O) groups is 2. The van der Waals surface area contributed by atoms with Crippen LogP contribution in [0.15, 0.2) is 30.7 Å². The van der Waals surface area contributed by atoms with Crippen molar-refractivity contribution in [3.8, 4) is 0 Å². The highest BCUT2D eigenvalue weighted by Crippen LogP contribution is 2.30. The number of imidazole rings is 1. The van der Waals surface area contributed by atoms with Crippen LogP contribution in [0.2, 0.25) is 0 Å². The lowest BCUT2D eigenvalue weighted by atomic mass is 9.89. The first-order valence-electron chi connectivity index (χ1n) is 12.1. The first kappa shape index (κ1) is 24.5. The van der Waals surface area contributed by atoms with Gasteiger partial charge in [-0.25, -0.2) is 4.98 Å². The van der Waals surface area contributed by atoms with E-state index in [0.29, 0.717) is 31.1 Å². The Morgan fingerprint density at radius 3 is 2.62 bits per heavy atom. The number of alkyl halides is 3. The Labute approximate surface area is 197 Å². The van der Waals surface area contributed by atoms with Crippen LogP contribution in [-0.4, -0.2) is 64.5 Å². The van der Waals surface area contributed by atoms with Crippen LogP contribution in [0, 0.1) is 11.8 Å². The minimum absolute atomic E-state index is 0.0110. The topological polar surface area (TPSA) is 78.7 Å². The molecule has 2 amide bonds. The Morgan fingerprint density at radius 2 is 1.91 bits per heavy atom. The fraction of sp³-hybridized carbons (Fsp3) is 0.625. The normalized spacial score (nSPS) is 22.1. The Bertz CT molecular complexity index is 976. The summed E-state index contributed by atoms with van der Waals surface area (Å²) < 4.78 is 40.2. The first-order chi connectivity index (χ1) is 16.3. The van der Waals surface area contributed by atoms with Crippen molar-refractivity contribution in [3.05, 3.63) is 36.3 Å². The van der Waals surface area contributed by atoms with Gasteiger partial charge in [0.2, 0.25) is 5.91 Å². The van der Waals surface area contributed by atoms with Gasteiger partial charge in [0.15, 0.2) is 0 Å². The predicted molar refractivity (Wildman–Crippen MR) is 121 cm³/mol. The lowest BCUT2D eigenvalue weighted by molar-refractivity contribution is -0.165. The van der Waals surface area contributed by atoms with Crippen LogP contribution in [0.5, 0.6) is 0 Å². The predicted octanol–water partition coefficient (Wildman–Crippen LogP) is 3.40. The number of piperidine rings is 2. The molecule has 186 valence electrons. The van der Waals surface area contributed by atoms with Gasteiger partial charge in [0, 0.05) is 44.8 Å². The summed E-state index contributed by atoms with van der Waals surface area (Å²) in [4.78, 5) is 31.0. The van der Waals surface area contributed by atoms with Crippen LogP contribution < -0.4 is 10.6 Å². The molecule has 2 atom stereocenters. The van der Waals surface area contributed by atoms with Crippen molar-refractivity contribution in [3.63, 3.8) is 0 Å². The average molecular weight is 480 g/mol. The first-order valence-corrected chi connectivity index (χ1v) is 12.1. The zero-order chi connectivity index (χ0) is 24.1. The molecule has 0 bridgehead atoms. The quantitative estimate of drug-likeness (QED) is 0.597. The summed E-state index contributed by atoms with van der Waals surface area (Å²) in [6.45, 7) is 2.07. The summed E-state index contributed by atoms with van der Waals surface area (Å²) in [7, 11) is 0. The van der Waals surface area contributed by atoms with Gasteiger partial charge in [-0.3, -0.25) is 9.59 Å². The smallest absolute Gasteiger partial charge is 0.352 e. The zero-order valence-electron chi connectivity index (χ0n) is 19.2. The summed E-state index contributed by atoms with van der Waals surface area (Å²) in [5.74, 6) is 0.0834. The highest BCUT2D eigenvalue weighted by Gasteiger charge is 2.43. The van der Waals surface area contributed by atoms with Crippen molar-refractivity contribution in [1.82, 2.24) is 24.9 Å². The van der Waals surface area contributed by atoms with E-state index >= 15 is 0 Å². The molecule has 2 saturated heterocycles. The molecule has 2 aliphatic rings. The number of carbonyl (C=O) groups excluding carboxylic acids is 2. The Balaban J connectivity index is 1.09. The van der Waals surface area contributed by atoms with Crippen LogP contribution in [0.25, 0.3) is 5.65 Å². The van der Waals surface area contributed by atoms with Crippen molar-refractivity contribution in [2.75, 3.05) is 26.2 Å². The molecule has 0 saturated carbocycles. The number of unbranched alkanes of at least 4 members (excludes halogenated alkanes) is 1. The number of fused-ring (bicyclic) bond motifs is 1. The number of pyridine rings is 1. The molecule has 4 heterocycles. The fourth-order valence-corrected chi connectivity index (χ4v) is 4.96.